The molecule has 9 heteroatoms. The third-order valence-electron chi connectivity index (χ3n) is 10.4. The molecular formula is C32H41ClN2O5S. The number of carbonyl (C=O) groups excluding carboxylic acids is 1. The number of aliphatic hydroxyl groups is 1. The maximum absolute atomic E-state index is 13.3. The molecule has 1 fully saturated rings. The predicted molar refractivity (Wildman–Crippen MR) is 161 cm³/mol. The maximum Gasteiger partial charge on any atom is 0.264 e. The number of rotatable bonds is 0. The van der Waals surface area contributed by atoms with Crippen molar-refractivity contribution >= 4 is 33.2 Å². The Morgan fingerprint density at radius 2 is 1.90 bits per heavy atom. The Kier molecular flexibility index (Phi) is 7.79. The lowest BCUT2D eigenvalue weighted by Crippen LogP contribution is -2.49. The minimum absolute atomic E-state index is 0.141. The zero-order chi connectivity index (χ0) is 28.9. The molecule has 7 nitrogen and oxygen atoms in total. The number of halogens is 1. The van der Waals surface area contributed by atoms with Crippen molar-refractivity contribution in [1.29, 1.82) is 0 Å². The second kappa shape index (κ2) is 11.1. The van der Waals surface area contributed by atoms with E-state index in [4.69, 9.17) is 16.3 Å². The fourth-order valence-electron chi connectivity index (χ4n) is 7.55. The van der Waals surface area contributed by atoms with Gasteiger partial charge in [0.25, 0.3) is 5.91 Å². The molecule has 1 amide bonds. The summed E-state index contributed by atoms with van der Waals surface area (Å²) in [6.45, 7) is 5.53. The van der Waals surface area contributed by atoms with E-state index in [2.05, 4.69) is 21.8 Å². The Morgan fingerprint density at radius 3 is 2.68 bits per heavy atom. The van der Waals surface area contributed by atoms with E-state index in [0.29, 0.717) is 43.2 Å². The summed E-state index contributed by atoms with van der Waals surface area (Å²) in [6.07, 6.45) is 6.74. The normalized spacial score (nSPS) is 33.4. The van der Waals surface area contributed by atoms with Crippen LogP contribution in [0.25, 0.3) is 0 Å². The van der Waals surface area contributed by atoms with Crippen molar-refractivity contribution in [3.63, 3.8) is 0 Å². The molecule has 2 aromatic carbocycles. The van der Waals surface area contributed by atoms with E-state index in [0.717, 1.165) is 55.8 Å². The Bertz CT molecular complexity index is 1430. The monoisotopic (exact) mass is 600 g/mol. The molecule has 2 bridgehead atoms. The van der Waals surface area contributed by atoms with Gasteiger partial charge >= 0.3 is 0 Å². The van der Waals surface area contributed by atoms with E-state index in [1.54, 1.807) is 25.1 Å². The number of hydrogen-bond donors (Lipinski definition) is 2. The molecular weight excluding hydrogens is 560 g/mol. The van der Waals surface area contributed by atoms with Gasteiger partial charge in [-0.05, 0) is 111 Å². The number of hydrogen-bond acceptors (Lipinski definition) is 6. The lowest BCUT2D eigenvalue weighted by Gasteiger charge is -2.46. The van der Waals surface area contributed by atoms with Crippen molar-refractivity contribution in [3.8, 4) is 5.75 Å². The summed E-state index contributed by atoms with van der Waals surface area (Å²) in [5.74, 6) is 0.489. The number of aliphatic hydroxyl groups excluding tert-OH is 1. The van der Waals surface area contributed by atoms with E-state index in [-0.39, 0.29) is 17.3 Å². The summed E-state index contributed by atoms with van der Waals surface area (Å²) in [7, 11) is -3.88. The van der Waals surface area contributed by atoms with Gasteiger partial charge in [0.05, 0.1) is 23.6 Å². The topological polar surface area (TPSA) is 95.9 Å². The van der Waals surface area contributed by atoms with E-state index >= 15 is 0 Å². The molecule has 0 unspecified atom stereocenters. The number of fused-ring (bicyclic) bond motifs is 4. The van der Waals surface area contributed by atoms with Gasteiger partial charge in [0.1, 0.15) is 5.75 Å². The number of amides is 1. The molecule has 4 aliphatic rings. The number of aryl methyl sites for hydroxylation is 1. The summed E-state index contributed by atoms with van der Waals surface area (Å²) in [6, 6.07) is 11.4. The van der Waals surface area contributed by atoms with E-state index in [9.17, 15) is 18.3 Å². The van der Waals surface area contributed by atoms with Crippen LogP contribution in [-0.2, 0) is 21.9 Å². The van der Waals surface area contributed by atoms with Gasteiger partial charge in [-0.1, -0.05) is 31.0 Å². The lowest BCUT2D eigenvalue weighted by molar-refractivity contribution is 0.00857. The third kappa shape index (κ3) is 5.48. The van der Waals surface area contributed by atoms with Gasteiger partial charge in [0, 0.05) is 29.1 Å². The van der Waals surface area contributed by atoms with Crippen molar-refractivity contribution in [2.45, 2.75) is 82.0 Å². The second-order valence-corrected chi connectivity index (χ2v) is 15.4. The molecule has 41 heavy (non-hydrogen) atoms. The maximum atomic E-state index is 13.3. The molecule has 0 aromatic heterocycles. The van der Waals surface area contributed by atoms with E-state index in [1.165, 1.54) is 11.1 Å². The van der Waals surface area contributed by atoms with Crippen molar-refractivity contribution in [3.05, 3.63) is 58.1 Å². The Morgan fingerprint density at radius 1 is 1.07 bits per heavy atom. The number of nitrogens with zero attached hydrogens (tertiary/aromatic N) is 1. The first-order valence-corrected chi connectivity index (χ1v) is 17.0. The fraction of sp³-hybridized carbons (Fsp3) is 0.594. The van der Waals surface area contributed by atoms with E-state index in [1.807, 2.05) is 13.0 Å². The van der Waals surface area contributed by atoms with Crippen LogP contribution in [0.5, 0.6) is 5.75 Å². The predicted octanol–water partition coefficient (Wildman–Crippen LogP) is 5.47. The molecule has 222 valence electrons. The average molecular weight is 601 g/mol. The summed E-state index contributed by atoms with van der Waals surface area (Å²) in [5.41, 5.74) is 3.39. The van der Waals surface area contributed by atoms with Crippen LogP contribution in [-0.4, -0.2) is 50.5 Å². The standard InChI is InChI=1S/C32H41ClN2O5S/c1-20-5-3-7-29(36)26-11-8-24(26)17-35-18-32(14-4-6-22-15-25(33)10-12-27(22)32)19-40-30-13-9-23(16-28(30)35)31(37)34-41(38,39)21(20)2/h9-10,12-13,15-16,20-21,24,26,29,36H,3-8,11,14,17-19H2,1-2H3,(H,34,37)/t20-,21-,24+,26-,29+,32+/m1/s1. The molecule has 6 atom stereocenters. The molecule has 2 aliphatic heterocycles. The summed E-state index contributed by atoms with van der Waals surface area (Å²) in [4.78, 5) is 15.7. The zero-order valence-electron chi connectivity index (χ0n) is 23.9. The molecule has 6 rings (SSSR count). The van der Waals surface area contributed by atoms with Crippen LogP contribution < -0.4 is 14.4 Å². The molecule has 2 N–H and O–H groups in total. The Hall–Kier alpha value is -2.29. The quantitative estimate of drug-likeness (QED) is 0.416. The minimum atomic E-state index is -3.88. The van der Waals surface area contributed by atoms with Crippen LogP contribution in [0.15, 0.2) is 36.4 Å². The largest absolute Gasteiger partial charge is 0.490 e. The summed E-state index contributed by atoms with van der Waals surface area (Å²) < 4.78 is 35.2. The van der Waals surface area contributed by atoms with Crippen molar-refractivity contribution in [1.82, 2.24) is 4.72 Å². The highest BCUT2D eigenvalue weighted by atomic mass is 35.5. The van der Waals surface area contributed by atoms with Gasteiger partial charge in [-0.25, -0.2) is 13.1 Å². The molecule has 1 spiro atoms. The lowest BCUT2D eigenvalue weighted by atomic mass is 9.68. The van der Waals surface area contributed by atoms with Crippen LogP contribution in [0.4, 0.5) is 5.69 Å². The van der Waals surface area contributed by atoms with Crippen molar-refractivity contribution in [2.75, 3.05) is 24.6 Å². The molecule has 1 saturated carbocycles. The number of nitrogens with one attached hydrogen (secondary N) is 1. The van der Waals surface area contributed by atoms with E-state index < -0.39 is 27.3 Å². The van der Waals surface area contributed by atoms with Gasteiger partial charge in [0.15, 0.2) is 0 Å². The summed E-state index contributed by atoms with van der Waals surface area (Å²) in [5, 5.41) is 11.2. The van der Waals surface area contributed by atoms with Gasteiger partial charge in [-0.2, -0.15) is 0 Å². The minimum Gasteiger partial charge on any atom is -0.490 e. The van der Waals surface area contributed by atoms with Gasteiger partial charge in [-0.3, -0.25) is 4.79 Å². The van der Waals surface area contributed by atoms with Crippen molar-refractivity contribution in [2.24, 2.45) is 17.8 Å². The van der Waals surface area contributed by atoms with Crippen LogP contribution in [0.2, 0.25) is 5.02 Å². The number of ether oxygens (including phenoxy) is 1. The highest BCUT2D eigenvalue weighted by Gasteiger charge is 2.44. The number of anilines is 1. The first-order chi connectivity index (χ1) is 19.6. The van der Waals surface area contributed by atoms with Crippen molar-refractivity contribution < 1.29 is 23.1 Å². The molecule has 0 radical (unpaired) electrons. The molecule has 2 aliphatic carbocycles. The Balaban J connectivity index is 1.41. The SMILES string of the molecule is C[C@@H]1CCC[C@H](O)[C@@H]2CC[C@H]2CN2C[C@@]3(CCCc4cc(Cl)ccc43)COc3ccc(cc32)C(=O)NS(=O)(=O)[C@@H]1C. The smallest absolute Gasteiger partial charge is 0.264 e. The fourth-order valence-corrected chi connectivity index (χ4v) is 9.06. The van der Waals surface area contributed by atoms with Crippen LogP contribution in [0.3, 0.4) is 0 Å². The van der Waals surface area contributed by atoms with Crippen LogP contribution in [0, 0.1) is 17.8 Å². The second-order valence-electron chi connectivity index (χ2n) is 12.9. The first-order valence-electron chi connectivity index (χ1n) is 15.1. The van der Waals surface area contributed by atoms with Crippen LogP contribution >= 0.6 is 11.6 Å². The van der Waals surface area contributed by atoms with Gasteiger partial charge in [0.2, 0.25) is 10.0 Å². The molecule has 0 saturated heterocycles. The third-order valence-corrected chi connectivity index (χ3v) is 12.6. The number of carbonyl (C=O) groups is 1. The summed E-state index contributed by atoms with van der Waals surface area (Å²) >= 11 is 6.38. The first kappa shape index (κ1) is 28.8. The number of benzene rings is 2. The highest BCUT2D eigenvalue weighted by molar-refractivity contribution is 7.90. The Labute approximate surface area is 248 Å². The van der Waals surface area contributed by atoms with Crippen LogP contribution in [0.1, 0.15) is 80.3 Å². The van der Waals surface area contributed by atoms with Gasteiger partial charge in [-0.15, -0.1) is 0 Å². The number of sulfonamides is 1. The zero-order valence-corrected chi connectivity index (χ0v) is 25.5. The molecule has 2 aromatic rings. The highest BCUT2D eigenvalue weighted by Crippen LogP contribution is 2.47. The molecule has 2 heterocycles. The average Bonchev–Trinajstić information content (AvgIpc) is 3.06. The van der Waals surface area contributed by atoms with Gasteiger partial charge < -0.3 is 14.7 Å².